The van der Waals surface area contributed by atoms with E-state index in [1.165, 1.54) is 0 Å². The number of methoxy groups -OCH3 is 2. The van der Waals surface area contributed by atoms with Crippen molar-refractivity contribution in [2.24, 2.45) is 0 Å². The SMILES string of the molecule is COc1cc(-c2ccc(NC(=O)Cc3ccccc3)c(OC)c2)ccc1NC(=O)Cc1ccccc1. The molecule has 0 aliphatic heterocycles. The zero-order chi connectivity index (χ0) is 25.3. The molecule has 4 rings (SSSR count). The van der Waals surface area contributed by atoms with Gasteiger partial charge in [-0.3, -0.25) is 9.59 Å². The molecule has 0 aromatic heterocycles. The van der Waals surface area contributed by atoms with E-state index in [1.54, 1.807) is 14.2 Å². The zero-order valence-electron chi connectivity index (χ0n) is 20.3. The second-order valence-corrected chi connectivity index (χ2v) is 8.25. The fourth-order valence-corrected chi connectivity index (χ4v) is 3.90. The molecule has 0 heterocycles. The summed E-state index contributed by atoms with van der Waals surface area (Å²) in [5.41, 5.74) is 4.84. The third-order valence-corrected chi connectivity index (χ3v) is 5.70. The van der Waals surface area contributed by atoms with Crippen molar-refractivity contribution in [2.45, 2.75) is 12.8 Å². The van der Waals surface area contributed by atoms with Crippen LogP contribution in [0.5, 0.6) is 11.5 Å². The molecule has 2 amide bonds. The number of amides is 2. The van der Waals surface area contributed by atoms with Crippen LogP contribution >= 0.6 is 0 Å². The van der Waals surface area contributed by atoms with Crippen molar-refractivity contribution in [3.8, 4) is 22.6 Å². The molecule has 0 saturated heterocycles. The number of carbonyl (C=O) groups is 2. The van der Waals surface area contributed by atoms with Gasteiger partial charge in [0, 0.05) is 0 Å². The normalized spacial score (nSPS) is 10.4. The largest absolute Gasteiger partial charge is 0.495 e. The molecule has 0 unspecified atom stereocenters. The van der Waals surface area contributed by atoms with E-state index in [0.717, 1.165) is 22.3 Å². The lowest BCUT2D eigenvalue weighted by molar-refractivity contribution is -0.116. The minimum absolute atomic E-state index is 0.121. The van der Waals surface area contributed by atoms with Crippen LogP contribution in [-0.4, -0.2) is 26.0 Å². The smallest absolute Gasteiger partial charge is 0.228 e. The van der Waals surface area contributed by atoms with E-state index in [2.05, 4.69) is 10.6 Å². The minimum Gasteiger partial charge on any atom is -0.495 e. The molecule has 0 bridgehead atoms. The lowest BCUT2D eigenvalue weighted by atomic mass is 10.0. The van der Waals surface area contributed by atoms with Crippen molar-refractivity contribution < 1.29 is 19.1 Å². The number of benzene rings is 4. The van der Waals surface area contributed by atoms with Gasteiger partial charge in [0.15, 0.2) is 0 Å². The van der Waals surface area contributed by atoms with Gasteiger partial charge in [0.2, 0.25) is 11.8 Å². The van der Waals surface area contributed by atoms with Crippen molar-refractivity contribution in [2.75, 3.05) is 24.9 Å². The Morgan fingerprint density at radius 1 is 0.583 bits per heavy atom. The zero-order valence-corrected chi connectivity index (χ0v) is 20.3. The third kappa shape index (κ3) is 6.30. The van der Waals surface area contributed by atoms with Crippen LogP contribution in [0.25, 0.3) is 11.1 Å². The van der Waals surface area contributed by atoms with Crippen LogP contribution in [0, 0.1) is 0 Å². The highest BCUT2D eigenvalue weighted by molar-refractivity contribution is 5.95. The van der Waals surface area contributed by atoms with E-state index in [1.807, 2.05) is 97.1 Å². The van der Waals surface area contributed by atoms with Crippen LogP contribution in [0.3, 0.4) is 0 Å². The van der Waals surface area contributed by atoms with Gasteiger partial charge in [-0.05, 0) is 46.5 Å². The molecule has 6 heteroatoms. The highest BCUT2D eigenvalue weighted by atomic mass is 16.5. The van der Waals surface area contributed by atoms with Crippen LogP contribution in [0.2, 0.25) is 0 Å². The summed E-state index contributed by atoms with van der Waals surface area (Å²) in [4.78, 5) is 25.0. The topological polar surface area (TPSA) is 76.7 Å². The molecule has 0 aliphatic carbocycles. The predicted molar refractivity (Wildman–Crippen MR) is 143 cm³/mol. The second kappa shape index (κ2) is 11.7. The fourth-order valence-electron chi connectivity index (χ4n) is 3.90. The van der Waals surface area contributed by atoms with Crippen LogP contribution in [0.15, 0.2) is 97.1 Å². The summed E-state index contributed by atoms with van der Waals surface area (Å²) in [6.45, 7) is 0. The molecule has 182 valence electrons. The molecular weight excluding hydrogens is 452 g/mol. The Labute approximate surface area is 210 Å². The Bertz CT molecular complexity index is 1230. The first-order valence-electron chi connectivity index (χ1n) is 11.6. The number of hydrogen-bond donors (Lipinski definition) is 2. The predicted octanol–water partition coefficient (Wildman–Crippen LogP) is 5.73. The Kier molecular flexibility index (Phi) is 7.98. The summed E-state index contributed by atoms with van der Waals surface area (Å²) in [7, 11) is 3.13. The van der Waals surface area contributed by atoms with Crippen molar-refractivity contribution in [3.05, 3.63) is 108 Å². The number of hydrogen-bond acceptors (Lipinski definition) is 4. The van der Waals surface area contributed by atoms with Gasteiger partial charge in [-0.2, -0.15) is 0 Å². The Balaban J connectivity index is 1.48. The summed E-state index contributed by atoms with van der Waals surface area (Å²) in [5.74, 6) is 0.857. The average molecular weight is 481 g/mol. The van der Waals surface area contributed by atoms with E-state index in [0.29, 0.717) is 22.9 Å². The number of carbonyl (C=O) groups excluding carboxylic acids is 2. The van der Waals surface area contributed by atoms with Crippen LogP contribution < -0.4 is 20.1 Å². The minimum atomic E-state index is -0.121. The highest BCUT2D eigenvalue weighted by Crippen LogP contribution is 2.35. The molecule has 4 aromatic rings. The standard InChI is InChI=1S/C30H28N2O4/c1-35-27-19-23(13-15-25(27)31-29(33)17-21-9-5-3-6-10-21)24-14-16-26(28(20-24)36-2)32-30(34)18-22-11-7-4-8-12-22/h3-16,19-20H,17-18H2,1-2H3,(H,31,33)(H,32,34). The van der Waals surface area contributed by atoms with E-state index < -0.39 is 0 Å². The average Bonchev–Trinajstić information content (AvgIpc) is 2.90. The van der Waals surface area contributed by atoms with Crippen LogP contribution in [0.4, 0.5) is 11.4 Å². The van der Waals surface area contributed by atoms with Gasteiger partial charge >= 0.3 is 0 Å². The van der Waals surface area contributed by atoms with Gasteiger partial charge in [0.1, 0.15) is 11.5 Å². The van der Waals surface area contributed by atoms with Crippen molar-refractivity contribution in [1.29, 1.82) is 0 Å². The second-order valence-electron chi connectivity index (χ2n) is 8.25. The third-order valence-electron chi connectivity index (χ3n) is 5.70. The Morgan fingerprint density at radius 2 is 0.972 bits per heavy atom. The Morgan fingerprint density at radius 3 is 1.33 bits per heavy atom. The van der Waals surface area contributed by atoms with Crippen molar-refractivity contribution >= 4 is 23.2 Å². The molecule has 0 saturated carbocycles. The molecule has 6 nitrogen and oxygen atoms in total. The Hall–Kier alpha value is -4.58. The van der Waals surface area contributed by atoms with Crippen molar-refractivity contribution in [3.63, 3.8) is 0 Å². The molecule has 36 heavy (non-hydrogen) atoms. The fraction of sp³-hybridized carbons (Fsp3) is 0.133. The van der Waals surface area contributed by atoms with Crippen molar-refractivity contribution in [1.82, 2.24) is 0 Å². The van der Waals surface area contributed by atoms with Gasteiger partial charge in [0.05, 0.1) is 38.4 Å². The molecule has 0 aliphatic rings. The number of anilines is 2. The van der Waals surface area contributed by atoms with Gasteiger partial charge < -0.3 is 20.1 Å². The molecule has 0 fully saturated rings. The molecule has 0 spiro atoms. The molecule has 4 aromatic carbocycles. The maximum atomic E-state index is 12.5. The summed E-state index contributed by atoms with van der Waals surface area (Å²) >= 11 is 0. The molecular formula is C30H28N2O4. The van der Waals surface area contributed by atoms with Crippen LogP contribution in [0.1, 0.15) is 11.1 Å². The molecule has 2 N–H and O–H groups in total. The summed E-state index contributed by atoms with van der Waals surface area (Å²) in [6.07, 6.45) is 0.556. The molecule has 0 atom stereocenters. The molecule has 0 radical (unpaired) electrons. The van der Waals surface area contributed by atoms with E-state index in [-0.39, 0.29) is 24.7 Å². The van der Waals surface area contributed by atoms with Crippen LogP contribution in [-0.2, 0) is 22.4 Å². The lowest BCUT2D eigenvalue weighted by Crippen LogP contribution is -2.15. The lowest BCUT2D eigenvalue weighted by Gasteiger charge is -2.14. The quantitative estimate of drug-likeness (QED) is 0.321. The monoisotopic (exact) mass is 480 g/mol. The highest BCUT2D eigenvalue weighted by Gasteiger charge is 2.13. The van der Waals surface area contributed by atoms with Gasteiger partial charge in [-0.1, -0.05) is 72.8 Å². The first kappa shape index (κ1) is 24.5. The van der Waals surface area contributed by atoms with E-state index >= 15 is 0 Å². The van der Waals surface area contributed by atoms with Gasteiger partial charge in [-0.15, -0.1) is 0 Å². The summed E-state index contributed by atoms with van der Waals surface area (Å²) in [5, 5.41) is 5.85. The number of nitrogens with one attached hydrogen (secondary N) is 2. The van der Waals surface area contributed by atoms with Gasteiger partial charge in [-0.25, -0.2) is 0 Å². The number of rotatable bonds is 9. The summed E-state index contributed by atoms with van der Waals surface area (Å²) < 4.78 is 11.1. The van der Waals surface area contributed by atoms with E-state index in [4.69, 9.17) is 9.47 Å². The first-order valence-corrected chi connectivity index (χ1v) is 11.6. The maximum Gasteiger partial charge on any atom is 0.228 e. The first-order chi connectivity index (χ1) is 17.6. The number of ether oxygens (including phenoxy) is 2. The van der Waals surface area contributed by atoms with E-state index in [9.17, 15) is 9.59 Å². The maximum absolute atomic E-state index is 12.5. The summed E-state index contributed by atoms with van der Waals surface area (Å²) in [6, 6.07) is 30.3. The van der Waals surface area contributed by atoms with Gasteiger partial charge in [0.25, 0.3) is 0 Å².